The summed E-state index contributed by atoms with van der Waals surface area (Å²) in [6, 6.07) is 9.15. The fourth-order valence-corrected chi connectivity index (χ4v) is 3.88. The molecule has 0 unspecified atom stereocenters. The van der Waals surface area contributed by atoms with Crippen molar-refractivity contribution >= 4 is 5.57 Å². The summed E-state index contributed by atoms with van der Waals surface area (Å²) in [5.74, 6) is 2.68. The lowest BCUT2D eigenvalue weighted by Crippen LogP contribution is -2.13. The first-order valence-electron chi connectivity index (χ1n) is 10.8. The lowest BCUT2D eigenvalue weighted by Gasteiger charge is -2.27. The molecule has 1 aromatic carbocycles. The molecule has 0 spiro atoms. The van der Waals surface area contributed by atoms with Gasteiger partial charge in [-0.05, 0) is 60.1 Å². The van der Waals surface area contributed by atoms with Crippen LogP contribution in [0.15, 0.2) is 30.8 Å². The normalized spacial score (nSPS) is 21.2. The first-order chi connectivity index (χ1) is 12.0. The molecule has 25 heavy (non-hydrogen) atoms. The number of benzene rings is 1. The van der Waals surface area contributed by atoms with E-state index in [9.17, 15) is 0 Å². The molecule has 142 valence electrons. The third-order valence-corrected chi connectivity index (χ3v) is 5.74. The lowest BCUT2D eigenvalue weighted by molar-refractivity contribution is 0.268. The van der Waals surface area contributed by atoms with E-state index in [1.54, 1.807) is 0 Å². The van der Waals surface area contributed by atoms with Crippen LogP contribution in [0.3, 0.4) is 0 Å². The maximum Gasteiger partial charge on any atom is -0.0164 e. The Labute approximate surface area is 158 Å². The summed E-state index contributed by atoms with van der Waals surface area (Å²) in [5.41, 5.74) is 4.13. The number of hydrogen-bond donors (Lipinski definition) is 0. The van der Waals surface area contributed by atoms with Crippen molar-refractivity contribution in [2.45, 2.75) is 98.3 Å². The molecule has 1 aliphatic carbocycles. The second kappa shape index (κ2) is 12.3. The lowest BCUT2D eigenvalue weighted by atomic mass is 9.78. The van der Waals surface area contributed by atoms with Gasteiger partial charge in [-0.3, -0.25) is 0 Å². The highest BCUT2D eigenvalue weighted by Crippen LogP contribution is 2.35. The summed E-state index contributed by atoms with van der Waals surface area (Å²) >= 11 is 0. The average molecular weight is 343 g/mol. The molecule has 1 atom stereocenters. The van der Waals surface area contributed by atoms with Crippen LogP contribution in [0, 0.1) is 11.8 Å². The third-order valence-electron chi connectivity index (χ3n) is 5.74. The Morgan fingerprint density at radius 1 is 1.08 bits per heavy atom. The zero-order valence-corrected chi connectivity index (χ0v) is 17.6. The first kappa shape index (κ1) is 22.0. The largest absolute Gasteiger partial charge is 0.0952 e. The Morgan fingerprint density at radius 2 is 1.72 bits per heavy atom. The molecule has 0 amide bonds. The van der Waals surface area contributed by atoms with E-state index in [0.717, 1.165) is 24.2 Å². The Bertz CT molecular complexity index is 477. The minimum absolute atomic E-state index is 0.726. The second-order valence-electron chi connectivity index (χ2n) is 8.10. The van der Waals surface area contributed by atoms with Crippen LogP contribution in [0.4, 0.5) is 0 Å². The van der Waals surface area contributed by atoms with Crippen LogP contribution >= 0.6 is 0 Å². The summed E-state index contributed by atoms with van der Waals surface area (Å²) in [6.45, 7) is 15.4. The van der Waals surface area contributed by atoms with E-state index in [4.69, 9.17) is 0 Å². The molecular formula is C25H42. The van der Waals surface area contributed by atoms with Crippen molar-refractivity contribution in [3.8, 4) is 0 Å². The second-order valence-corrected chi connectivity index (χ2v) is 8.10. The van der Waals surface area contributed by atoms with Gasteiger partial charge in [-0.2, -0.15) is 0 Å². The van der Waals surface area contributed by atoms with E-state index < -0.39 is 0 Å². The van der Waals surface area contributed by atoms with Crippen LogP contribution in [0.1, 0.15) is 109 Å². The van der Waals surface area contributed by atoms with Crippen LogP contribution in [-0.2, 0) is 0 Å². The Morgan fingerprint density at radius 3 is 2.28 bits per heavy atom. The van der Waals surface area contributed by atoms with Crippen molar-refractivity contribution in [3.05, 3.63) is 42.0 Å². The molecule has 1 aliphatic rings. The van der Waals surface area contributed by atoms with Crippen molar-refractivity contribution in [1.29, 1.82) is 0 Å². The van der Waals surface area contributed by atoms with Gasteiger partial charge in [0.2, 0.25) is 0 Å². The van der Waals surface area contributed by atoms with Gasteiger partial charge in [0.05, 0.1) is 0 Å². The summed E-state index contributed by atoms with van der Waals surface area (Å²) in [5, 5.41) is 0. The van der Waals surface area contributed by atoms with Gasteiger partial charge < -0.3 is 0 Å². The fourth-order valence-electron chi connectivity index (χ4n) is 3.88. The summed E-state index contributed by atoms with van der Waals surface area (Å²) in [6.07, 6.45) is 12.2. The van der Waals surface area contributed by atoms with E-state index in [2.05, 4.69) is 65.5 Å². The summed E-state index contributed by atoms with van der Waals surface area (Å²) in [7, 11) is 0. The van der Waals surface area contributed by atoms with E-state index in [-0.39, 0.29) is 0 Å². The average Bonchev–Trinajstić information content (AvgIpc) is 2.64. The molecule has 0 aliphatic heterocycles. The third kappa shape index (κ3) is 7.80. The maximum absolute atomic E-state index is 4.20. The molecule has 0 heteroatoms. The van der Waals surface area contributed by atoms with Crippen LogP contribution in [0.2, 0.25) is 0 Å². The quantitative estimate of drug-likeness (QED) is 0.465. The van der Waals surface area contributed by atoms with Gasteiger partial charge in [-0.15, -0.1) is 0 Å². The van der Waals surface area contributed by atoms with Crippen LogP contribution in [-0.4, -0.2) is 0 Å². The molecule has 0 saturated heterocycles. The fraction of sp³-hybridized carbons (Fsp3) is 0.680. The Kier molecular flexibility index (Phi) is 10.9. The Balaban J connectivity index is 0.000000970. The standard InChI is InChI=1S/C22H34.C3H8/c1-5-18(4)21-8-7-9-22(16-21)20(6-2)15-14-19-12-10-17(3)11-13-19;1-3-2/h7-9,16-17,19-20H,4-6,10-15H2,1-3H3;3H2,1-2H3/t17?,19?,20-;/m1./s1. The highest BCUT2D eigenvalue weighted by Gasteiger charge is 2.20. The molecule has 0 bridgehead atoms. The number of allylic oxidation sites excluding steroid dienone is 1. The molecule has 1 fully saturated rings. The minimum Gasteiger partial charge on any atom is -0.0952 e. The zero-order chi connectivity index (χ0) is 18.7. The highest BCUT2D eigenvalue weighted by atomic mass is 14.3. The summed E-state index contributed by atoms with van der Waals surface area (Å²) < 4.78 is 0. The maximum atomic E-state index is 4.20. The van der Waals surface area contributed by atoms with Gasteiger partial charge >= 0.3 is 0 Å². The predicted octanol–water partition coefficient (Wildman–Crippen LogP) is 8.63. The van der Waals surface area contributed by atoms with E-state index in [0.29, 0.717) is 0 Å². The molecule has 0 heterocycles. The van der Waals surface area contributed by atoms with Gasteiger partial charge in [0.25, 0.3) is 0 Å². The SMILES string of the molecule is C=C(CC)c1cccc([C@H](CC)CCC2CCC(C)CC2)c1.CCC. The first-order valence-corrected chi connectivity index (χ1v) is 10.8. The van der Waals surface area contributed by atoms with E-state index in [1.165, 1.54) is 68.1 Å². The number of rotatable bonds is 7. The minimum atomic E-state index is 0.726. The zero-order valence-electron chi connectivity index (χ0n) is 17.6. The molecule has 0 radical (unpaired) electrons. The van der Waals surface area contributed by atoms with Crippen molar-refractivity contribution in [1.82, 2.24) is 0 Å². The smallest absolute Gasteiger partial charge is 0.0164 e. The molecule has 1 aromatic rings. The Hall–Kier alpha value is -1.04. The van der Waals surface area contributed by atoms with Gasteiger partial charge in [0, 0.05) is 0 Å². The monoisotopic (exact) mass is 342 g/mol. The number of hydrogen-bond acceptors (Lipinski definition) is 0. The van der Waals surface area contributed by atoms with Gasteiger partial charge in [0.15, 0.2) is 0 Å². The van der Waals surface area contributed by atoms with Crippen molar-refractivity contribution < 1.29 is 0 Å². The van der Waals surface area contributed by atoms with Crippen LogP contribution in [0.25, 0.3) is 5.57 Å². The van der Waals surface area contributed by atoms with E-state index in [1.807, 2.05) is 0 Å². The molecule has 0 nitrogen and oxygen atoms in total. The van der Waals surface area contributed by atoms with Crippen LogP contribution in [0.5, 0.6) is 0 Å². The van der Waals surface area contributed by atoms with Crippen molar-refractivity contribution in [2.75, 3.05) is 0 Å². The molecule has 2 rings (SSSR count). The topological polar surface area (TPSA) is 0 Å². The summed E-state index contributed by atoms with van der Waals surface area (Å²) in [4.78, 5) is 0. The van der Waals surface area contributed by atoms with Crippen LogP contribution < -0.4 is 0 Å². The predicted molar refractivity (Wildman–Crippen MR) is 115 cm³/mol. The molecule has 0 N–H and O–H groups in total. The van der Waals surface area contributed by atoms with E-state index >= 15 is 0 Å². The highest BCUT2D eigenvalue weighted by molar-refractivity contribution is 5.63. The molecular weight excluding hydrogens is 300 g/mol. The van der Waals surface area contributed by atoms with Gasteiger partial charge in [-0.1, -0.05) is 97.6 Å². The molecule has 1 saturated carbocycles. The van der Waals surface area contributed by atoms with Gasteiger partial charge in [0.1, 0.15) is 0 Å². The molecule has 0 aromatic heterocycles. The van der Waals surface area contributed by atoms with Crippen molar-refractivity contribution in [3.63, 3.8) is 0 Å². The van der Waals surface area contributed by atoms with Gasteiger partial charge in [-0.25, -0.2) is 0 Å². The van der Waals surface area contributed by atoms with Crippen molar-refractivity contribution in [2.24, 2.45) is 11.8 Å².